The molecule has 1 unspecified atom stereocenters. The van der Waals surface area contributed by atoms with Gasteiger partial charge in [-0.25, -0.2) is 4.98 Å². The van der Waals surface area contributed by atoms with E-state index in [-0.39, 0.29) is 6.04 Å². The zero-order valence-electron chi connectivity index (χ0n) is 10.6. The van der Waals surface area contributed by atoms with E-state index in [0.717, 1.165) is 12.1 Å². The van der Waals surface area contributed by atoms with E-state index in [1.165, 1.54) is 30.3 Å². The predicted molar refractivity (Wildman–Crippen MR) is 70.5 cm³/mol. The fraction of sp³-hybridized carbons (Fsp3) is 0.308. The average Bonchev–Trinajstić information content (AvgIpc) is 2.92. The summed E-state index contributed by atoms with van der Waals surface area (Å²) in [5.74, 6) is 0.526. The van der Waals surface area contributed by atoms with Crippen LogP contribution < -0.4 is 5.32 Å². The molecule has 1 aromatic carbocycles. The van der Waals surface area contributed by atoms with Gasteiger partial charge in [0.1, 0.15) is 6.26 Å². The van der Waals surface area contributed by atoms with Gasteiger partial charge in [0.25, 0.3) is 5.22 Å². The van der Waals surface area contributed by atoms with Crippen LogP contribution in [0.3, 0.4) is 0 Å². The number of halogens is 3. The minimum Gasteiger partial charge on any atom is -0.440 e. The first-order chi connectivity index (χ1) is 9.50. The molecule has 108 valence electrons. The molecule has 0 aliphatic heterocycles. The Morgan fingerprint density at radius 3 is 2.80 bits per heavy atom. The highest BCUT2D eigenvalue weighted by Gasteiger charge is 2.30. The molecule has 0 amide bonds. The Morgan fingerprint density at radius 2 is 2.20 bits per heavy atom. The van der Waals surface area contributed by atoms with Crippen LogP contribution in [0.2, 0.25) is 0 Å². The van der Waals surface area contributed by atoms with E-state index in [0.29, 0.717) is 16.5 Å². The SMILES string of the molecule is CNC(CSc1ncco1)c1cccc(C(F)(F)F)c1. The average molecular weight is 302 g/mol. The number of thioether (sulfide) groups is 1. The van der Waals surface area contributed by atoms with E-state index in [2.05, 4.69) is 10.3 Å². The normalized spacial score (nSPS) is 13.4. The van der Waals surface area contributed by atoms with E-state index in [4.69, 9.17) is 4.42 Å². The minimum atomic E-state index is -4.33. The number of nitrogens with zero attached hydrogens (tertiary/aromatic N) is 1. The van der Waals surface area contributed by atoms with Crippen molar-refractivity contribution >= 4 is 11.8 Å². The van der Waals surface area contributed by atoms with Gasteiger partial charge in [-0.2, -0.15) is 13.2 Å². The molecule has 0 aliphatic carbocycles. The number of hydrogen-bond donors (Lipinski definition) is 1. The molecule has 0 bridgehead atoms. The van der Waals surface area contributed by atoms with Gasteiger partial charge in [0, 0.05) is 11.8 Å². The number of rotatable bonds is 5. The standard InChI is InChI=1S/C13H13F3N2OS/c1-17-11(8-20-12-18-5-6-19-12)9-3-2-4-10(7-9)13(14,15)16/h2-7,11,17H,8H2,1H3. The Hall–Kier alpha value is -1.47. The smallest absolute Gasteiger partial charge is 0.416 e. The summed E-state index contributed by atoms with van der Waals surface area (Å²) in [6.45, 7) is 0. The molecule has 1 heterocycles. The van der Waals surface area contributed by atoms with Crippen molar-refractivity contribution < 1.29 is 17.6 Å². The van der Waals surface area contributed by atoms with E-state index < -0.39 is 11.7 Å². The third-order valence-corrected chi connectivity index (χ3v) is 3.70. The molecule has 2 rings (SSSR count). The minimum absolute atomic E-state index is 0.214. The zero-order chi connectivity index (χ0) is 14.6. The molecule has 0 saturated heterocycles. The maximum Gasteiger partial charge on any atom is 0.416 e. The summed E-state index contributed by atoms with van der Waals surface area (Å²) in [5, 5.41) is 3.50. The van der Waals surface area contributed by atoms with Gasteiger partial charge in [-0.3, -0.25) is 0 Å². The first kappa shape index (κ1) is 14.9. The van der Waals surface area contributed by atoms with Crippen molar-refractivity contribution in [2.75, 3.05) is 12.8 Å². The van der Waals surface area contributed by atoms with Crippen molar-refractivity contribution in [3.05, 3.63) is 47.9 Å². The summed E-state index contributed by atoms with van der Waals surface area (Å²) in [6.07, 6.45) is -1.34. The summed E-state index contributed by atoms with van der Waals surface area (Å²) in [4.78, 5) is 3.96. The van der Waals surface area contributed by atoms with Crippen molar-refractivity contribution in [2.45, 2.75) is 17.4 Å². The predicted octanol–water partition coefficient (Wildman–Crippen LogP) is 3.75. The molecule has 1 atom stereocenters. The maximum atomic E-state index is 12.7. The summed E-state index contributed by atoms with van der Waals surface area (Å²) in [7, 11) is 1.71. The molecule has 2 aromatic rings. The molecule has 20 heavy (non-hydrogen) atoms. The van der Waals surface area contributed by atoms with Gasteiger partial charge in [0.05, 0.1) is 11.8 Å². The molecule has 7 heteroatoms. The quantitative estimate of drug-likeness (QED) is 0.854. The van der Waals surface area contributed by atoms with E-state index in [1.807, 2.05) is 0 Å². The van der Waals surface area contributed by atoms with Crippen molar-refractivity contribution in [3.8, 4) is 0 Å². The lowest BCUT2D eigenvalue weighted by Crippen LogP contribution is -2.19. The van der Waals surface area contributed by atoms with Crippen molar-refractivity contribution in [1.29, 1.82) is 0 Å². The summed E-state index contributed by atoms with van der Waals surface area (Å²) >= 11 is 1.35. The van der Waals surface area contributed by atoms with Crippen LogP contribution in [0.4, 0.5) is 13.2 Å². The monoisotopic (exact) mass is 302 g/mol. The van der Waals surface area contributed by atoms with Gasteiger partial charge in [0.15, 0.2) is 0 Å². The lowest BCUT2D eigenvalue weighted by molar-refractivity contribution is -0.137. The lowest BCUT2D eigenvalue weighted by Gasteiger charge is -2.17. The van der Waals surface area contributed by atoms with Crippen molar-refractivity contribution in [3.63, 3.8) is 0 Å². The van der Waals surface area contributed by atoms with Gasteiger partial charge in [-0.1, -0.05) is 23.9 Å². The molecule has 0 radical (unpaired) electrons. The Labute approximate surface area is 118 Å². The highest BCUT2D eigenvalue weighted by molar-refractivity contribution is 7.99. The van der Waals surface area contributed by atoms with Gasteiger partial charge < -0.3 is 9.73 Å². The highest BCUT2D eigenvalue weighted by atomic mass is 32.2. The second kappa shape index (κ2) is 6.32. The number of benzene rings is 1. The molecule has 0 fully saturated rings. The Morgan fingerprint density at radius 1 is 1.40 bits per heavy atom. The van der Waals surface area contributed by atoms with Gasteiger partial charge in [-0.15, -0.1) is 0 Å². The fourth-order valence-corrected chi connectivity index (χ4v) is 2.64. The Bertz CT molecular complexity index is 543. The van der Waals surface area contributed by atoms with Crippen LogP contribution in [-0.4, -0.2) is 17.8 Å². The zero-order valence-corrected chi connectivity index (χ0v) is 11.5. The number of alkyl halides is 3. The van der Waals surface area contributed by atoms with Crippen LogP contribution in [0.5, 0.6) is 0 Å². The molecule has 3 nitrogen and oxygen atoms in total. The van der Waals surface area contributed by atoms with Crippen LogP contribution >= 0.6 is 11.8 Å². The van der Waals surface area contributed by atoms with Crippen LogP contribution in [0, 0.1) is 0 Å². The Balaban J connectivity index is 2.11. The third kappa shape index (κ3) is 3.77. The van der Waals surface area contributed by atoms with Gasteiger partial charge in [-0.05, 0) is 24.7 Å². The summed E-state index contributed by atoms with van der Waals surface area (Å²) in [5.41, 5.74) is -0.0576. The number of oxazole rings is 1. The van der Waals surface area contributed by atoms with Crippen molar-refractivity contribution in [1.82, 2.24) is 10.3 Å². The van der Waals surface area contributed by atoms with Gasteiger partial charge in [0.2, 0.25) is 0 Å². The van der Waals surface area contributed by atoms with Crippen LogP contribution in [0.25, 0.3) is 0 Å². The molecular weight excluding hydrogens is 289 g/mol. The van der Waals surface area contributed by atoms with Crippen LogP contribution in [0.15, 0.2) is 46.4 Å². The van der Waals surface area contributed by atoms with E-state index in [1.54, 1.807) is 13.1 Å². The molecule has 1 aromatic heterocycles. The Kier molecular flexibility index (Phi) is 4.72. The second-order valence-corrected chi connectivity index (χ2v) is 5.04. The molecule has 0 spiro atoms. The number of nitrogens with one attached hydrogen (secondary N) is 1. The van der Waals surface area contributed by atoms with E-state index in [9.17, 15) is 13.2 Å². The molecule has 0 saturated carbocycles. The summed E-state index contributed by atoms with van der Waals surface area (Å²) < 4.78 is 43.2. The number of aromatic nitrogens is 1. The topological polar surface area (TPSA) is 38.1 Å². The van der Waals surface area contributed by atoms with Crippen LogP contribution in [0.1, 0.15) is 17.2 Å². The molecule has 0 aliphatic rings. The molecule has 1 N–H and O–H groups in total. The lowest BCUT2D eigenvalue weighted by atomic mass is 10.1. The van der Waals surface area contributed by atoms with Gasteiger partial charge >= 0.3 is 6.18 Å². The largest absolute Gasteiger partial charge is 0.440 e. The first-order valence-corrected chi connectivity index (χ1v) is 6.86. The fourth-order valence-electron chi connectivity index (χ4n) is 1.71. The summed E-state index contributed by atoms with van der Waals surface area (Å²) in [6, 6.07) is 5.11. The molecular formula is C13H13F3N2OS. The van der Waals surface area contributed by atoms with Crippen molar-refractivity contribution in [2.24, 2.45) is 0 Å². The van der Waals surface area contributed by atoms with Crippen LogP contribution in [-0.2, 0) is 6.18 Å². The highest BCUT2D eigenvalue weighted by Crippen LogP contribution is 2.31. The second-order valence-electron chi connectivity index (χ2n) is 4.07. The maximum absolute atomic E-state index is 12.7. The first-order valence-electron chi connectivity index (χ1n) is 5.87. The van der Waals surface area contributed by atoms with E-state index >= 15 is 0 Å². The number of hydrogen-bond acceptors (Lipinski definition) is 4. The third-order valence-electron chi connectivity index (χ3n) is 2.75.